The number of benzene rings is 3. The van der Waals surface area contributed by atoms with Crippen molar-refractivity contribution < 1.29 is 31.9 Å². The maximum Gasteiger partial charge on any atom is 0.262 e. The van der Waals surface area contributed by atoms with Gasteiger partial charge in [0.15, 0.2) is 0 Å². The minimum atomic E-state index is -4.05. The molecular formula is C24H22FN3O6S. The topological polar surface area (TPSA) is 114 Å². The summed E-state index contributed by atoms with van der Waals surface area (Å²) in [5, 5.41) is 2.67. The van der Waals surface area contributed by atoms with Crippen molar-refractivity contribution in [1.82, 2.24) is 0 Å². The minimum Gasteiger partial charge on any atom is -0.495 e. The van der Waals surface area contributed by atoms with Crippen LogP contribution < -0.4 is 24.4 Å². The molecule has 2 N–H and O–H groups in total. The van der Waals surface area contributed by atoms with Crippen molar-refractivity contribution in [3.8, 4) is 11.5 Å². The molecule has 11 heteroatoms. The van der Waals surface area contributed by atoms with Crippen LogP contribution in [0.2, 0.25) is 0 Å². The number of methoxy groups -OCH3 is 1. The number of halogens is 1. The largest absolute Gasteiger partial charge is 0.495 e. The van der Waals surface area contributed by atoms with Gasteiger partial charge in [0.25, 0.3) is 10.0 Å². The molecule has 0 spiro atoms. The quantitative estimate of drug-likeness (QED) is 0.515. The van der Waals surface area contributed by atoms with Crippen molar-refractivity contribution in [2.45, 2.75) is 11.3 Å². The lowest BCUT2D eigenvalue weighted by Gasteiger charge is -2.21. The smallest absolute Gasteiger partial charge is 0.262 e. The van der Waals surface area contributed by atoms with Gasteiger partial charge in [0.1, 0.15) is 23.9 Å². The lowest BCUT2D eigenvalue weighted by molar-refractivity contribution is -0.121. The van der Waals surface area contributed by atoms with E-state index in [4.69, 9.17) is 9.47 Å². The van der Waals surface area contributed by atoms with Crippen LogP contribution in [-0.2, 0) is 19.6 Å². The van der Waals surface area contributed by atoms with E-state index in [1.54, 1.807) is 24.3 Å². The molecule has 0 saturated carbocycles. The first kappa shape index (κ1) is 24.0. The van der Waals surface area contributed by atoms with Crippen LogP contribution in [-0.4, -0.2) is 40.5 Å². The van der Waals surface area contributed by atoms with Crippen LogP contribution in [0.5, 0.6) is 11.5 Å². The molecule has 182 valence electrons. The Labute approximate surface area is 201 Å². The van der Waals surface area contributed by atoms with Crippen LogP contribution in [0, 0.1) is 5.82 Å². The number of amides is 2. The number of nitrogens with one attached hydrogen (secondary N) is 2. The second kappa shape index (κ2) is 10.0. The first-order chi connectivity index (χ1) is 16.8. The Morgan fingerprint density at radius 2 is 1.86 bits per heavy atom. The van der Waals surface area contributed by atoms with E-state index < -0.39 is 21.7 Å². The van der Waals surface area contributed by atoms with Crippen LogP contribution in [0.15, 0.2) is 71.6 Å². The highest BCUT2D eigenvalue weighted by atomic mass is 32.2. The van der Waals surface area contributed by atoms with E-state index in [-0.39, 0.29) is 47.5 Å². The van der Waals surface area contributed by atoms with Crippen molar-refractivity contribution in [3.63, 3.8) is 0 Å². The van der Waals surface area contributed by atoms with E-state index in [0.29, 0.717) is 11.4 Å². The highest BCUT2D eigenvalue weighted by Gasteiger charge is 2.25. The number of nitrogens with zero attached hydrogens (tertiary/aromatic N) is 1. The first-order valence-electron chi connectivity index (χ1n) is 10.6. The number of carbonyl (C=O) groups is 2. The fraction of sp³-hybridized carbons (Fsp3) is 0.167. The number of anilines is 3. The van der Waals surface area contributed by atoms with Crippen LogP contribution in [0.3, 0.4) is 0 Å². The summed E-state index contributed by atoms with van der Waals surface area (Å²) in [5.41, 5.74) is 0.839. The third-order valence-electron chi connectivity index (χ3n) is 5.18. The standard InChI is InChI=1S/C24H22FN3O6S/c1-33-21-11-8-17(14-19(21)27-35(31,32)18-9-6-16(25)7-10-18)26-23(29)15-28-20-4-2-3-5-22(20)34-13-12-24(28)30/h2-11,14,27H,12-13,15H2,1H3,(H,26,29). The lowest BCUT2D eigenvalue weighted by Crippen LogP contribution is -2.37. The third-order valence-corrected chi connectivity index (χ3v) is 6.57. The van der Waals surface area contributed by atoms with Gasteiger partial charge in [-0.25, -0.2) is 12.8 Å². The second-order valence-electron chi connectivity index (χ2n) is 7.57. The molecule has 3 aromatic carbocycles. The summed E-state index contributed by atoms with van der Waals surface area (Å²) in [6.45, 7) is -0.0497. The number of para-hydroxylation sites is 2. The molecule has 1 aliphatic rings. The Kier molecular flexibility index (Phi) is 6.87. The summed E-state index contributed by atoms with van der Waals surface area (Å²) >= 11 is 0. The van der Waals surface area contributed by atoms with Crippen molar-refractivity contribution in [1.29, 1.82) is 0 Å². The molecule has 0 saturated heterocycles. The summed E-state index contributed by atoms with van der Waals surface area (Å²) in [7, 11) is -2.68. The van der Waals surface area contributed by atoms with Crippen LogP contribution >= 0.6 is 0 Å². The Bertz CT molecular complexity index is 1360. The van der Waals surface area contributed by atoms with Gasteiger partial charge in [0, 0.05) is 5.69 Å². The SMILES string of the molecule is COc1ccc(NC(=O)CN2C(=O)CCOc3ccccc32)cc1NS(=O)(=O)c1ccc(F)cc1. The van der Waals surface area contributed by atoms with Crippen LogP contribution in [0.4, 0.5) is 21.5 Å². The third kappa shape index (κ3) is 5.52. The second-order valence-corrected chi connectivity index (χ2v) is 9.25. The molecule has 1 heterocycles. The zero-order valence-corrected chi connectivity index (χ0v) is 19.5. The fourth-order valence-electron chi connectivity index (χ4n) is 3.52. The van der Waals surface area contributed by atoms with Crippen LogP contribution in [0.25, 0.3) is 0 Å². The molecule has 0 aromatic heterocycles. The Balaban J connectivity index is 1.53. The molecule has 0 radical (unpaired) electrons. The Morgan fingerprint density at radius 1 is 1.11 bits per heavy atom. The molecule has 0 atom stereocenters. The molecule has 4 rings (SSSR count). The van der Waals surface area contributed by atoms with E-state index in [9.17, 15) is 22.4 Å². The average molecular weight is 500 g/mol. The monoisotopic (exact) mass is 499 g/mol. The van der Waals surface area contributed by atoms with Gasteiger partial charge >= 0.3 is 0 Å². The Hall–Kier alpha value is -4.12. The van der Waals surface area contributed by atoms with Crippen molar-refractivity contribution in [2.75, 3.05) is 35.2 Å². The number of ether oxygens (including phenoxy) is 2. The maximum atomic E-state index is 13.2. The number of hydrogen-bond acceptors (Lipinski definition) is 6. The molecule has 35 heavy (non-hydrogen) atoms. The summed E-state index contributed by atoms with van der Waals surface area (Å²) in [5.74, 6) is -0.598. The van der Waals surface area contributed by atoms with E-state index in [0.717, 1.165) is 24.3 Å². The molecule has 0 fully saturated rings. The number of carbonyl (C=O) groups excluding carboxylic acids is 2. The highest BCUT2D eigenvalue weighted by Crippen LogP contribution is 2.32. The predicted octanol–water partition coefficient (Wildman–Crippen LogP) is 3.39. The van der Waals surface area contributed by atoms with Gasteiger partial charge in [-0.2, -0.15) is 0 Å². The zero-order chi connectivity index (χ0) is 25.0. The van der Waals surface area contributed by atoms with Crippen molar-refractivity contribution in [3.05, 3.63) is 72.5 Å². The molecule has 2 amide bonds. The predicted molar refractivity (Wildman–Crippen MR) is 128 cm³/mol. The zero-order valence-electron chi connectivity index (χ0n) is 18.7. The van der Waals surface area contributed by atoms with Gasteiger partial charge in [-0.15, -0.1) is 0 Å². The molecule has 1 aliphatic heterocycles. The fourth-order valence-corrected chi connectivity index (χ4v) is 4.58. The minimum absolute atomic E-state index is 0.0687. The summed E-state index contributed by atoms with van der Waals surface area (Å²) in [4.78, 5) is 26.6. The molecule has 9 nitrogen and oxygen atoms in total. The van der Waals surface area contributed by atoms with Crippen molar-refractivity contribution >= 4 is 38.9 Å². The number of fused-ring (bicyclic) bond motifs is 1. The number of hydrogen-bond donors (Lipinski definition) is 2. The van der Waals surface area contributed by atoms with E-state index in [1.807, 2.05) is 0 Å². The molecule has 0 aliphatic carbocycles. The van der Waals surface area contributed by atoms with Gasteiger partial charge in [0.05, 0.1) is 36.4 Å². The summed E-state index contributed by atoms with van der Waals surface area (Å²) in [6, 6.07) is 15.7. The molecule has 0 bridgehead atoms. The molecule has 3 aromatic rings. The number of rotatable bonds is 7. The van der Waals surface area contributed by atoms with E-state index >= 15 is 0 Å². The van der Waals surface area contributed by atoms with Gasteiger partial charge in [-0.3, -0.25) is 19.2 Å². The average Bonchev–Trinajstić information content (AvgIpc) is 2.98. The van der Waals surface area contributed by atoms with E-state index in [1.165, 1.54) is 30.2 Å². The van der Waals surface area contributed by atoms with Gasteiger partial charge < -0.3 is 14.8 Å². The summed E-state index contributed by atoms with van der Waals surface area (Å²) < 4.78 is 51.8. The van der Waals surface area contributed by atoms with E-state index in [2.05, 4.69) is 10.0 Å². The highest BCUT2D eigenvalue weighted by molar-refractivity contribution is 7.92. The lowest BCUT2D eigenvalue weighted by atomic mass is 10.2. The van der Waals surface area contributed by atoms with Gasteiger partial charge in [-0.1, -0.05) is 12.1 Å². The summed E-state index contributed by atoms with van der Waals surface area (Å²) in [6.07, 6.45) is 0.125. The first-order valence-corrected chi connectivity index (χ1v) is 12.0. The van der Waals surface area contributed by atoms with Crippen LogP contribution in [0.1, 0.15) is 6.42 Å². The Morgan fingerprint density at radius 3 is 2.60 bits per heavy atom. The van der Waals surface area contributed by atoms with Gasteiger partial charge in [0.2, 0.25) is 11.8 Å². The number of sulfonamides is 1. The van der Waals surface area contributed by atoms with Gasteiger partial charge in [-0.05, 0) is 54.6 Å². The maximum absolute atomic E-state index is 13.2. The normalized spacial score (nSPS) is 13.3. The molecular weight excluding hydrogens is 477 g/mol. The molecule has 0 unspecified atom stereocenters. The van der Waals surface area contributed by atoms with Crippen molar-refractivity contribution in [2.24, 2.45) is 0 Å².